The molecule has 0 amide bonds. The molecule has 0 aliphatic rings. The molecule has 0 radical (unpaired) electrons. The molecule has 0 unspecified atom stereocenters. The minimum absolute atomic E-state index is 0.0541. The van der Waals surface area contributed by atoms with Crippen molar-refractivity contribution in [1.82, 2.24) is 14.5 Å². The van der Waals surface area contributed by atoms with Crippen LogP contribution in [0, 0.1) is 0 Å². The van der Waals surface area contributed by atoms with Gasteiger partial charge in [-0.2, -0.15) is 0 Å². The monoisotopic (exact) mass is 441 g/mol. The zero-order chi connectivity index (χ0) is 22.1. The van der Waals surface area contributed by atoms with Crippen LogP contribution in [-0.2, 0) is 10.0 Å². The van der Waals surface area contributed by atoms with Crippen LogP contribution in [0.3, 0.4) is 0 Å². The Morgan fingerprint density at radius 1 is 0.781 bits per heavy atom. The lowest BCUT2D eigenvalue weighted by Gasteiger charge is -2.11. The van der Waals surface area contributed by atoms with Crippen LogP contribution in [0.4, 0.5) is 11.4 Å². The number of sulfonamides is 1. The molecule has 158 valence electrons. The second kappa shape index (κ2) is 7.92. The molecule has 0 bridgehead atoms. The molecule has 0 saturated carbocycles. The Morgan fingerprint density at radius 3 is 2.16 bits per heavy atom. The number of benzene rings is 3. The lowest BCUT2D eigenvalue weighted by Crippen LogP contribution is -2.11. The molecule has 0 spiro atoms. The van der Waals surface area contributed by atoms with E-state index in [9.17, 15) is 8.42 Å². The lowest BCUT2D eigenvalue weighted by atomic mass is 10.2. The van der Waals surface area contributed by atoms with Crippen LogP contribution in [0.1, 0.15) is 0 Å². The summed E-state index contributed by atoms with van der Waals surface area (Å²) in [4.78, 5) is 9.32. The van der Waals surface area contributed by atoms with Gasteiger partial charge in [0.1, 0.15) is 11.3 Å². The number of para-hydroxylation sites is 1. The van der Waals surface area contributed by atoms with Crippen molar-refractivity contribution in [2.45, 2.75) is 4.90 Å². The highest BCUT2D eigenvalue weighted by atomic mass is 32.2. The SMILES string of the molecule is NS(=O)(=O)c1ccc(-c2nc3cccnc3n2-c2ccc(Nc3ccccc3)cc2)cc1. The number of nitrogens with zero attached hydrogens (tertiary/aromatic N) is 3. The summed E-state index contributed by atoms with van der Waals surface area (Å²) in [5.74, 6) is 0.656. The van der Waals surface area contributed by atoms with Gasteiger partial charge in [0.15, 0.2) is 5.65 Å². The van der Waals surface area contributed by atoms with E-state index in [-0.39, 0.29) is 4.90 Å². The summed E-state index contributed by atoms with van der Waals surface area (Å²) in [6, 6.07) is 28.0. The van der Waals surface area contributed by atoms with Crippen molar-refractivity contribution < 1.29 is 8.42 Å². The van der Waals surface area contributed by atoms with Crippen LogP contribution in [-0.4, -0.2) is 23.0 Å². The number of fused-ring (bicyclic) bond motifs is 1. The predicted octanol–water partition coefficient (Wildman–Crippen LogP) is 4.48. The van der Waals surface area contributed by atoms with Gasteiger partial charge in [-0.15, -0.1) is 0 Å². The molecular formula is C24H19N5O2S. The Labute approximate surface area is 185 Å². The molecule has 0 aliphatic heterocycles. The van der Waals surface area contributed by atoms with E-state index in [0.717, 1.165) is 28.1 Å². The highest BCUT2D eigenvalue weighted by Gasteiger charge is 2.16. The Morgan fingerprint density at radius 2 is 1.47 bits per heavy atom. The van der Waals surface area contributed by atoms with Crippen molar-refractivity contribution >= 4 is 32.6 Å². The van der Waals surface area contributed by atoms with Crippen LogP contribution in [0.15, 0.2) is 102 Å². The zero-order valence-corrected chi connectivity index (χ0v) is 17.7. The molecule has 32 heavy (non-hydrogen) atoms. The number of hydrogen-bond acceptors (Lipinski definition) is 5. The summed E-state index contributed by atoms with van der Waals surface area (Å²) in [7, 11) is -3.77. The fourth-order valence-electron chi connectivity index (χ4n) is 3.53. The smallest absolute Gasteiger partial charge is 0.238 e. The van der Waals surface area contributed by atoms with Crippen LogP contribution in [0.25, 0.3) is 28.2 Å². The molecule has 5 aromatic rings. The highest BCUT2D eigenvalue weighted by Crippen LogP contribution is 2.29. The van der Waals surface area contributed by atoms with E-state index in [0.29, 0.717) is 11.5 Å². The van der Waals surface area contributed by atoms with Crippen molar-refractivity contribution in [3.05, 3.63) is 97.2 Å². The molecule has 3 aromatic carbocycles. The van der Waals surface area contributed by atoms with E-state index in [2.05, 4.69) is 10.3 Å². The summed E-state index contributed by atoms with van der Waals surface area (Å²) in [6.07, 6.45) is 1.72. The zero-order valence-electron chi connectivity index (χ0n) is 16.9. The topological polar surface area (TPSA) is 103 Å². The molecule has 0 atom stereocenters. The standard InChI is InChI=1S/C24H19N5O2S/c25-32(30,31)21-14-8-17(9-15-21)23-28-22-7-4-16-26-24(22)29(23)20-12-10-19(11-13-20)27-18-5-2-1-3-6-18/h1-16,27H,(H2,25,30,31). The molecule has 3 N–H and O–H groups in total. The first-order valence-corrected chi connectivity index (χ1v) is 11.4. The van der Waals surface area contributed by atoms with Crippen molar-refractivity contribution in [3.8, 4) is 17.1 Å². The first kappa shape index (κ1) is 19.9. The van der Waals surface area contributed by atoms with Gasteiger partial charge in [0.25, 0.3) is 0 Å². The van der Waals surface area contributed by atoms with Gasteiger partial charge in [0, 0.05) is 28.8 Å². The fraction of sp³-hybridized carbons (Fsp3) is 0. The number of imidazole rings is 1. The third kappa shape index (κ3) is 3.84. The number of anilines is 2. The summed E-state index contributed by atoms with van der Waals surface area (Å²) in [5.41, 5.74) is 5.05. The summed E-state index contributed by atoms with van der Waals surface area (Å²) in [6.45, 7) is 0. The number of hydrogen-bond donors (Lipinski definition) is 2. The first-order chi connectivity index (χ1) is 15.5. The number of nitrogens with two attached hydrogens (primary N) is 1. The van der Waals surface area contributed by atoms with Crippen LogP contribution < -0.4 is 10.5 Å². The third-order valence-electron chi connectivity index (χ3n) is 5.05. The minimum Gasteiger partial charge on any atom is -0.356 e. The van der Waals surface area contributed by atoms with E-state index in [1.165, 1.54) is 12.1 Å². The Balaban J connectivity index is 1.58. The van der Waals surface area contributed by atoms with Crippen molar-refractivity contribution in [2.75, 3.05) is 5.32 Å². The van der Waals surface area contributed by atoms with E-state index in [1.807, 2.05) is 71.3 Å². The second-order valence-electron chi connectivity index (χ2n) is 7.22. The summed E-state index contributed by atoms with van der Waals surface area (Å²) in [5, 5.41) is 8.60. The normalized spacial score (nSPS) is 11.5. The van der Waals surface area contributed by atoms with Gasteiger partial charge < -0.3 is 5.32 Å². The van der Waals surface area contributed by atoms with Crippen LogP contribution in [0.2, 0.25) is 0 Å². The lowest BCUT2D eigenvalue weighted by molar-refractivity contribution is 0.598. The fourth-order valence-corrected chi connectivity index (χ4v) is 4.04. The minimum atomic E-state index is -3.77. The van der Waals surface area contributed by atoms with Gasteiger partial charge in [-0.1, -0.05) is 18.2 Å². The van der Waals surface area contributed by atoms with Crippen LogP contribution in [0.5, 0.6) is 0 Å². The molecule has 8 heteroatoms. The molecular weight excluding hydrogens is 422 g/mol. The first-order valence-electron chi connectivity index (χ1n) is 9.88. The number of aromatic nitrogens is 3. The van der Waals surface area contributed by atoms with Gasteiger partial charge in [-0.3, -0.25) is 4.57 Å². The Kier molecular flexibility index (Phi) is 4.93. The summed E-state index contributed by atoms with van der Waals surface area (Å²) >= 11 is 0. The molecule has 0 aliphatic carbocycles. The Bertz CT molecular complexity index is 1490. The summed E-state index contributed by atoms with van der Waals surface area (Å²) < 4.78 is 25.2. The second-order valence-corrected chi connectivity index (χ2v) is 8.79. The Hall–Kier alpha value is -4.01. The van der Waals surface area contributed by atoms with Gasteiger partial charge in [0.2, 0.25) is 10.0 Å². The highest BCUT2D eigenvalue weighted by molar-refractivity contribution is 7.89. The number of rotatable bonds is 5. The van der Waals surface area contributed by atoms with E-state index < -0.39 is 10.0 Å². The maximum Gasteiger partial charge on any atom is 0.238 e. The average molecular weight is 442 g/mol. The molecule has 7 nitrogen and oxygen atoms in total. The van der Waals surface area contributed by atoms with E-state index in [4.69, 9.17) is 10.1 Å². The molecule has 5 rings (SSSR count). The molecule has 2 heterocycles. The molecule has 0 saturated heterocycles. The van der Waals surface area contributed by atoms with Crippen molar-refractivity contribution in [3.63, 3.8) is 0 Å². The van der Waals surface area contributed by atoms with E-state index >= 15 is 0 Å². The number of primary sulfonamides is 1. The predicted molar refractivity (Wildman–Crippen MR) is 125 cm³/mol. The number of nitrogens with one attached hydrogen (secondary N) is 1. The maximum atomic E-state index is 11.6. The quantitative estimate of drug-likeness (QED) is 0.419. The average Bonchev–Trinajstić information content (AvgIpc) is 3.19. The molecule has 0 fully saturated rings. The maximum absolute atomic E-state index is 11.6. The largest absolute Gasteiger partial charge is 0.356 e. The van der Waals surface area contributed by atoms with Crippen molar-refractivity contribution in [1.29, 1.82) is 0 Å². The van der Waals surface area contributed by atoms with Gasteiger partial charge in [-0.05, 0) is 72.8 Å². The van der Waals surface area contributed by atoms with Gasteiger partial charge in [-0.25, -0.2) is 23.5 Å². The third-order valence-corrected chi connectivity index (χ3v) is 5.97. The van der Waals surface area contributed by atoms with E-state index in [1.54, 1.807) is 18.3 Å². The molecule has 2 aromatic heterocycles. The number of pyridine rings is 1. The van der Waals surface area contributed by atoms with Crippen molar-refractivity contribution in [2.24, 2.45) is 5.14 Å². The van der Waals surface area contributed by atoms with Gasteiger partial charge >= 0.3 is 0 Å². The van der Waals surface area contributed by atoms with Gasteiger partial charge in [0.05, 0.1) is 4.90 Å². The van der Waals surface area contributed by atoms with Crippen LogP contribution >= 0.6 is 0 Å².